The molecule has 2 rings (SSSR count). The van der Waals surface area contributed by atoms with Crippen LogP contribution in [0.4, 0.5) is 0 Å². The normalized spacial score (nSPS) is 13.6. The molecule has 0 bridgehead atoms. The van der Waals surface area contributed by atoms with Gasteiger partial charge in [-0.3, -0.25) is 5.10 Å². The maximum atomic E-state index is 12.3. The molecular weight excluding hydrogens is 280 g/mol. The minimum absolute atomic E-state index is 0.0713. The van der Waals surface area contributed by atoms with Crippen molar-refractivity contribution < 1.29 is 12.8 Å². The second-order valence-electron chi connectivity index (χ2n) is 4.55. The fraction of sp³-hybridized carbons (Fsp3) is 0.417. The summed E-state index contributed by atoms with van der Waals surface area (Å²) in [4.78, 5) is 0. The smallest absolute Gasteiger partial charge is 0.258 e. The molecule has 2 aromatic rings. The van der Waals surface area contributed by atoms with Gasteiger partial charge in [0.15, 0.2) is 5.03 Å². The van der Waals surface area contributed by atoms with Crippen molar-refractivity contribution in [1.82, 2.24) is 20.2 Å². The molecule has 0 aliphatic carbocycles. The van der Waals surface area contributed by atoms with Crippen LogP contribution in [-0.2, 0) is 16.6 Å². The highest BCUT2D eigenvalue weighted by Crippen LogP contribution is 2.19. The molecule has 0 amide bonds. The summed E-state index contributed by atoms with van der Waals surface area (Å²) in [6.45, 7) is 3.95. The van der Waals surface area contributed by atoms with Crippen LogP contribution in [0.3, 0.4) is 0 Å². The first kappa shape index (κ1) is 14.8. The van der Waals surface area contributed by atoms with Gasteiger partial charge in [-0.2, -0.15) is 9.82 Å². The van der Waals surface area contributed by atoms with Crippen LogP contribution in [0.25, 0.3) is 0 Å². The predicted octanol–water partition coefficient (Wildman–Crippen LogP) is 1.07. The monoisotopic (exact) mass is 298 g/mol. The number of aryl methyl sites for hydroxylation is 1. The van der Waals surface area contributed by atoms with E-state index in [-0.39, 0.29) is 5.03 Å². The lowest BCUT2D eigenvalue weighted by atomic mass is 10.3. The molecule has 3 N–H and O–H groups in total. The van der Waals surface area contributed by atoms with Crippen molar-refractivity contribution in [2.45, 2.75) is 31.5 Å². The molecular formula is C12H18N4O3S. The topological polar surface area (TPSA) is 100 Å². The molecule has 110 valence electrons. The van der Waals surface area contributed by atoms with E-state index in [0.29, 0.717) is 17.9 Å². The van der Waals surface area contributed by atoms with Crippen molar-refractivity contribution in [3.8, 4) is 0 Å². The van der Waals surface area contributed by atoms with Crippen molar-refractivity contribution in [3.05, 3.63) is 35.4 Å². The SMILES string of the molecule is CNCc1cn[nH]c1S(=O)(=O)NC(C)c1ccc(C)o1. The molecule has 0 radical (unpaired) electrons. The Morgan fingerprint density at radius 2 is 2.20 bits per heavy atom. The summed E-state index contributed by atoms with van der Waals surface area (Å²) < 4.78 is 32.6. The number of hydrogen-bond donors (Lipinski definition) is 3. The molecule has 2 heterocycles. The van der Waals surface area contributed by atoms with Gasteiger partial charge in [0.2, 0.25) is 0 Å². The summed E-state index contributed by atoms with van der Waals surface area (Å²) in [7, 11) is -1.93. The van der Waals surface area contributed by atoms with Crippen molar-refractivity contribution >= 4 is 10.0 Å². The molecule has 0 aromatic carbocycles. The average molecular weight is 298 g/mol. The van der Waals surface area contributed by atoms with E-state index < -0.39 is 16.1 Å². The predicted molar refractivity (Wildman–Crippen MR) is 73.5 cm³/mol. The van der Waals surface area contributed by atoms with Crippen LogP contribution in [-0.4, -0.2) is 25.7 Å². The third kappa shape index (κ3) is 3.09. The number of nitrogens with zero attached hydrogens (tertiary/aromatic N) is 1. The van der Waals surface area contributed by atoms with Gasteiger partial charge >= 0.3 is 0 Å². The molecule has 0 spiro atoms. The molecule has 0 saturated carbocycles. The summed E-state index contributed by atoms with van der Waals surface area (Å²) in [5.74, 6) is 1.31. The zero-order chi connectivity index (χ0) is 14.8. The lowest BCUT2D eigenvalue weighted by Gasteiger charge is -2.12. The van der Waals surface area contributed by atoms with E-state index in [1.165, 1.54) is 6.20 Å². The van der Waals surface area contributed by atoms with Crippen LogP contribution in [0.2, 0.25) is 0 Å². The zero-order valence-electron chi connectivity index (χ0n) is 11.6. The van der Waals surface area contributed by atoms with Gasteiger partial charge in [-0.1, -0.05) is 0 Å². The van der Waals surface area contributed by atoms with Crippen molar-refractivity contribution in [2.24, 2.45) is 0 Å². The summed E-state index contributed by atoms with van der Waals surface area (Å²) in [5, 5.41) is 9.28. The Morgan fingerprint density at radius 3 is 2.80 bits per heavy atom. The summed E-state index contributed by atoms with van der Waals surface area (Å²) >= 11 is 0. The van der Waals surface area contributed by atoms with E-state index in [2.05, 4.69) is 20.2 Å². The number of aromatic nitrogens is 2. The summed E-state index contributed by atoms with van der Waals surface area (Å²) in [6, 6.07) is 3.09. The van der Waals surface area contributed by atoms with Gasteiger partial charge in [-0.25, -0.2) is 8.42 Å². The maximum absolute atomic E-state index is 12.3. The van der Waals surface area contributed by atoms with Gasteiger partial charge in [-0.15, -0.1) is 0 Å². The number of sulfonamides is 1. The highest BCUT2D eigenvalue weighted by atomic mass is 32.2. The molecule has 0 aliphatic rings. The van der Waals surface area contributed by atoms with E-state index >= 15 is 0 Å². The standard InChI is InChI=1S/C12H18N4O3S/c1-8-4-5-11(19-8)9(2)16-20(17,18)12-10(6-13-3)7-14-15-12/h4-5,7,9,13,16H,6H2,1-3H3,(H,14,15). The zero-order valence-corrected chi connectivity index (χ0v) is 12.4. The fourth-order valence-corrected chi connectivity index (χ4v) is 3.23. The summed E-state index contributed by atoms with van der Waals surface area (Å²) in [5.41, 5.74) is 0.586. The largest absolute Gasteiger partial charge is 0.465 e. The molecule has 1 atom stereocenters. The quantitative estimate of drug-likeness (QED) is 0.740. The van der Waals surface area contributed by atoms with Gasteiger partial charge in [0, 0.05) is 12.1 Å². The van der Waals surface area contributed by atoms with Crippen LogP contribution in [0.15, 0.2) is 27.8 Å². The highest BCUT2D eigenvalue weighted by Gasteiger charge is 2.24. The van der Waals surface area contributed by atoms with E-state index in [9.17, 15) is 8.42 Å². The van der Waals surface area contributed by atoms with Crippen LogP contribution < -0.4 is 10.0 Å². The summed E-state index contributed by atoms with van der Waals surface area (Å²) in [6.07, 6.45) is 1.49. The number of rotatable bonds is 6. The van der Waals surface area contributed by atoms with E-state index in [1.807, 2.05) is 6.92 Å². The second-order valence-corrected chi connectivity index (χ2v) is 6.20. The molecule has 0 fully saturated rings. The first-order chi connectivity index (χ1) is 9.44. The molecule has 20 heavy (non-hydrogen) atoms. The van der Waals surface area contributed by atoms with Crippen LogP contribution in [0.5, 0.6) is 0 Å². The van der Waals surface area contributed by atoms with Crippen LogP contribution in [0, 0.1) is 6.92 Å². The van der Waals surface area contributed by atoms with E-state index in [0.717, 1.165) is 5.76 Å². The number of aromatic amines is 1. The number of hydrogen-bond acceptors (Lipinski definition) is 5. The molecule has 0 aliphatic heterocycles. The minimum Gasteiger partial charge on any atom is -0.465 e. The molecule has 8 heteroatoms. The number of nitrogens with one attached hydrogen (secondary N) is 3. The van der Waals surface area contributed by atoms with Crippen molar-refractivity contribution in [1.29, 1.82) is 0 Å². The fourth-order valence-electron chi connectivity index (χ4n) is 1.88. The average Bonchev–Trinajstić information content (AvgIpc) is 2.98. The third-order valence-electron chi connectivity index (χ3n) is 2.83. The van der Waals surface area contributed by atoms with E-state index in [4.69, 9.17) is 4.42 Å². The lowest BCUT2D eigenvalue weighted by Crippen LogP contribution is -2.28. The Bertz CT molecular complexity index is 674. The lowest BCUT2D eigenvalue weighted by molar-refractivity contribution is 0.440. The Hall–Kier alpha value is -1.64. The van der Waals surface area contributed by atoms with Gasteiger partial charge in [-0.05, 0) is 33.0 Å². The first-order valence-corrected chi connectivity index (χ1v) is 7.68. The first-order valence-electron chi connectivity index (χ1n) is 6.19. The number of H-pyrrole nitrogens is 1. The number of furan rings is 1. The molecule has 7 nitrogen and oxygen atoms in total. The third-order valence-corrected chi connectivity index (χ3v) is 4.39. The van der Waals surface area contributed by atoms with Crippen LogP contribution in [0.1, 0.15) is 30.0 Å². The van der Waals surface area contributed by atoms with Crippen molar-refractivity contribution in [2.75, 3.05) is 7.05 Å². The second kappa shape index (κ2) is 5.78. The van der Waals surface area contributed by atoms with Crippen molar-refractivity contribution in [3.63, 3.8) is 0 Å². The Balaban J connectivity index is 2.20. The minimum atomic E-state index is -3.68. The Morgan fingerprint density at radius 1 is 1.45 bits per heavy atom. The van der Waals surface area contributed by atoms with Gasteiger partial charge in [0.25, 0.3) is 10.0 Å². The van der Waals surface area contributed by atoms with E-state index in [1.54, 1.807) is 26.1 Å². The Labute approximate surface area is 117 Å². The maximum Gasteiger partial charge on any atom is 0.258 e. The Kier molecular flexibility index (Phi) is 4.26. The van der Waals surface area contributed by atoms with Crippen LogP contribution >= 0.6 is 0 Å². The molecule has 1 unspecified atom stereocenters. The molecule has 0 saturated heterocycles. The van der Waals surface area contributed by atoms with Gasteiger partial charge < -0.3 is 9.73 Å². The van der Waals surface area contributed by atoms with Gasteiger partial charge in [0.05, 0.1) is 12.2 Å². The highest BCUT2D eigenvalue weighted by molar-refractivity contribution is 7.89. The molecule has 2 aromatic heterocycles. The van der Waals surface area contributed by atoms with Gasteiger partial charge in [0.1, 0.15) is 11.5 Å².